The van der Waals surface area contributed by atoms with E-state index in [1.807, 2.05) is 37.3 Å². The molecule has 1 unspecified atom stereocenters. The SMILES string of the molecule is CCCC(CC#Cc1ccccc1)C(=O)O. The fourth-order valence-electron chi connectivity index (χ4n) is 1.46. The predicted octanol–water partition coefficient (Wildman–Crippen LogP) is 2.93. The molecule has 1 N–H and O–H groups in total. The van der Waals surface area contributed by atoms with Gasteiger partial charge < -0.3 is 5.11 Å². The van der Waals surface area contributed by atoms with E-state index in [-0.39, 0.29) is 5.92 Å². The van der Waals surface area contributed by atoms with Crippen molar-refractivity contribution < 1.29 is 9.90 Å². The molecule has 0 radical (unpaired) electrons. The number of carboxylic acid groups (broad SMARTS) is 1. The molecule has 0 saturated carbocycles. The van der Waals surface area contributed by atoms with Gasteiger partial charge in [-0.25, -0.2) is 0 Å². The molecule has 1 aromatic rings. The van der Waals surface area contributed by atoms with Gasteiger partial charge in [-0.05, 0) is 18.6 Å². The molecule has 0 fully saturated rings. The Labute approximate surface area is 96.3 Å². The van der Waals surface area contributed by atoms with Crippen LogP contribution in [0, 0.1) is 17.8 Å². The van der Waals surface area contributed by atoms with E-state index in [0.717, 1.165) is 12.0 Å². The summed E-state index contributed by atoms with van der Waals surface area (Å²) < 4.78 is 0. The molecule has 2 heteroatoms. The molecule has 0 heterocycles. The summed E-state index contributed by atoms with van der Waals surface area (Å²) in [6.07, 6.45) is 2.00. The van der Waals surface area contributed by atoms with Gasteiger partial charge in [0.1, 0.15) is 0 Å². The van der Waals surface area contributed by atoms with Crippen LogP contribution in [-0.2, 0) is 4.79 Å². The Bertz CT molecular complexity index is 384. The molecular formula is C14H16O2. The van der Waals surface area contributed by atoms with Crippen LogP contribution in [0.2, 0.25) is 0 Å². The highest BCUT2D eigenvalue weighted by Crippen LogP contribution is 2.10. The molecule has 16 heavy (non-hydrogen) atoms. The lowest BCUT2D eigenvalue weighted by atomic mass is 10.0. The zero-order valence-electron chi connectivity index (χ0n) is 9.44. The van der Waals surface area contributed by atoms with Crippen LogP contribution < -0.4 is 0 Å². The first kappa shape index (κ1) is 12.3. The quantitative estimate of drug-likeness (QED) is 0.786. The molecule has 0 aliphatic heterocycles. The van der Waals surface area contributed by atoms with Crippen LogP contribution in [0.15, 0.2) is 30.3 Å². The van der Waals surface area contributed by atoms with Crippen LogP contribution in [0.5, 0.6) is 0 Å². The molecule has 0 aliphatic carbocycles. The van der Waals surface area contributed by atoms with Crippen molar-refractivity contribution >= 4 is 5.97 Å². The summed E-state index contributed by atoms with van der Waals surface area (Å²) in [7, 11) is 0. The highest BCUT2D eigenvalue weighted by Gasteiger charge is 2.14. The second-order valence-corrected chi connectivity index (χ2v) is 3.70. The molecule has 1 rings (SSSR count). The van der Waals surface area contributed by atoms with E-state index in [9.17, 15) is 4.79 Å². The zero-order valence-corrected chi connectivity index (χ0v) is 9.44. The van der Waals surface area contributed by atoms with Crippen molar-refractivity contribution in [2.75, 3.05) is 0 Å². The third-order valence-electron chi connectivity index (χ3n) is 2.34. The normalized spacial score (nSPS) is 11.3. The maximum atomic E-state index is 10.9. The van der Waals surface area contributed by atoms with Crippen molar-refractivity contribution in [2.45, 2.75) is 26.2 Å². The number of carboxylic acids is 1. The second kappa shape index (κ2) is 6.68. The van der Waals surface area contributed by atoms with Gasteiger partial charge in [0.25, 0.3) is 0 Å². The molecule has 0 aromatic heterocycles. The van der Waals surface area contributed by atoms with Gasteiger partial charge in [0.15, 0.2) is 0 Å². The van der Waals surface area contributed by atoms with Gasteiger partial charge in [-0.3, -0.25) is 4.79 Å². The average molecular weight is 216 g/mol. The van der Waals surface area contributed by atoms with Crippen molar-refractivity contribution in [3.8, 4) is 11.8 Å². The Morgan fingerprint density at radius 2 is 2.06 bits per heavy atom. The fourth-order valence-corrected chi connectivity index (χ4v) is 1.46. The van der Waals surface area contributed by atoms with E-state index in [0.29, 0.717) is 12.8 Å². The predicted molar refractivity (Wildman–Crippen MR) is 64.0 cm³/mol. The van der Waals surface area contributed by atoms with Crippen LogP contribution in [0.4, 0.5) is 0 Å². The van der Waals surface area contributed by atoms with E-state index in [1.165, 1.54) is 0 Å². The van der Waals surface area contributed by atoms with Gasteiger partial charge in [-0.15, -0.1) is 0 Å². The third-order valence-corrected chi connectivity index (χ3v) is 2.34. The van der Waals surface area contributed by atoms with E-state index in [2.05, 4.69) is 11.8 Å². The van der Waals surface area contributed by atoms with Crippen molar-refractivity contribution in [2.24, 2.45) is 5.92 Å². The first-order valence-electron chi connectivity index (χ1n) is 5.50. The first-order chi connectivity index (χ1) is 7.74. The minimum absolute atomic E-state index is 0.332. The Kier molecular flexibility index (Phi) is 5.15. The number of benzene rings is 1. The summed E-state index contributed by atoms with van der Waals surface area (Å²) in [5.74, 6) is 4.83. The van der Waals surface area contributed by atoms with Crippen molar-refractivity contribution in [1.82, 2.24) is 0 Å². The summed E-state index contributed by atoms with van der Waals surface area (Å²) in [5, 5.41) is 8.93. The lowest BCUT2D eigenvalue weighted by molar-refractivity contribution is -0.141. The summed E-state index contributed by atoms with van der Waals surface area (Å²) in [4.78, 5) is 10.9. The fraction of sp³-hybridized carbons (Fsp3) is 0.357. The maximum Gasteiger partial charge on any atom is 0.307 e. The highest BCUT2D eigenvalue weighted by atomic mass is 16.4. The summed E-state index contributed by atoms with van der Waals surface area (Å²) >= 11 is 0. The van der Waals surface area contributed by atoms with Crippen LogP contribution in [0.25, 0.3) is 0 Å². The Hall–Kier alpha value is -1.75. The largest absolute Gasteiger partial charge is 0.481 e. The van der Waals surface area contributed by atoms with Crippen LogP contribution in [-0.4, -0.2) is 11.1 Å². The van der Waals surface area contributed by atoms with Gasteiger partial charge >= 0.3 is 5.97 Å². The zero-order chi connectivity index (χ0) is 11.8. The molecule has 1 atom stereocenters. The summed E-state index contributed by atoms with van der Waals surface area (Å²) in [6.45, 7) is 1.99. The Morgan fingerprint density at radius 3 is 2.62 bits per heavy atom. The van der Waals surface area contributed by atoms with E-state index >= 15 is 0 Å². The molecule has 1 aromatic carbocycles. The van der Waals surface area contributed by atoms with Crippen LogP contribution >= 0.6 is 0 Å². The minimum atomic E-state index is -0.746. The maximum absolute atomic E-state index is 10.9. The Balaban J connectivity index is 2.55. The molecule has 0 amide bonds. The smallest absolute Gasteiger partial charge is 0.307 e. The molecule has 0 bridgehead atoms. The van der Waals surface area contributed by atoms with E-state index in [1.54, 1.807) is 0 Å². The van der Waals surface area contributed by atoms with Gasteiger partial charge in [-0.2, -0.15) is 0 Å². The molecular weight excluding hydrogens is 200 g/mol. The molecule has 0 aliphatic rings. The summed E-state index contributed by atoms with van der Waals surface area (Å²) in [6, 6.07) is 9.61. The number of carbonyl (C=O) groups is 1. The van der Waals surface area contributed by atoms with Crippen molar-refractivity contribution in [3.63, 3.8) is 0 Å². The van der Waals surface area contributed by atoms with Gasteiger partial charge in [0.05, 0.1) is 5.92 Å². The number of hydrogen-bond donors (Lipinski definition) is 1. The third kappa shape index (κ3) is 4.18. The molecule has 84 valence electrons. The molecule has 0 spiro atoms. The first-order valence-corrected chi connectivity index (χ1v) is 5.50. The topological polar surface area (TPSA) is 37.3 Å². The van der Waals surface area contributed by atoms with E-state index < -0.39 is 5.97 Å². The second-order valence-electron chi connectivity index (χ2n) is 3.70. The molecule has 0 saturated heterocycles. The number of rotatable bonds is 4. The van der Waals surface area contributed by atoms with Crippen LogP contribution in [0.3, 0.4) is 0 Å². The van der Waals surface area contributed by atoms with Gasteiger partial charge in [0.2, 0.25) is 0 Å². The Morgan fingerprint density at radius 1 is 1.38 bits per heavy atom. The lowest BCUT2D eigenvalue weighted by Crippen LogP contribution is -2.12. The molecule has 2 nitrogen and oxygen atoms in total. The van der Waals surface area contributed by atoms with Crippen molar-refractivity contribution in [3.05, 3.63) is 35.9 Å². The standard InChI is InChI=1S/C14H16O2/c1-2-7-13(14(15)16)11-6-10-12-8-4-3-5-9-12/h3-5,8-9,13H,2,7,11H2,1H3,(H,15,16). The number of aliphatic carboxylic acids is 1. The van der Waals surface area contributed by atoms with Gasteiger partial charge in [0, 0.05) is 12.0 Å². The number of hydrogen-bond acceptors (Lipinski definition) is 1. The van der Waals surface area contributed by atoms with Crippen molar-refractivity contribution in [1.29, 1.82) is 0 Å². The highest BCUT2D eigenvalue weighted by molar-refractivity contribution is 5.70. The minimum Gasteiger partial charge on any atom is -0.481 e. The van der Waals surface area contributed by atoms with Gasteiger partial charge in [-0.1, -0.05) is 43.4 Å². The average Bonchev–Trinajstić information content (AvgIpc) is 2.29. The summed E-state index contributed by atoms with van der Waals surface area (Å²) in [5.41, 5.74) is 0.933. The monoisotopic (exact) mass is 216 g/mol. The van der Waals surface area contributed by atoms with E-state index in [4.69, 9.17) is 5.11 Å². The van der Waals surface area contributed by atoms with Crippen LogP contribution in [0.1, 0.15) is 31.7 Å². The lowest BCUT2D eigenvalue weighted by Gasteiger charge is -2.05.